The molecular formula is C20H30IN5O. The molecule has 0 spiro atoms. The van der Waals surface area contributed by atoms with Crippen molar-refractivity contribution >= 4 is 29.9 Å². The highest BCUT2D eigenvalue weighted by Crippen LogP contribution is 2.40. The molecule has 148 valence electrons. The smallest absolute Gasteiger partial charge is 0.226 e. The van der Waals surface area contributed by atoms with E-state index in [9.17, 15) is 0 Å². The van der Waals surface area contributed by atoms with Gasteiger partial charge >= 0.3 is 0 Å². The van der Waals surface area contributed by atoms with Crippen molar-refractivity contribution in [2.24, 2.45) is 4.99 Å². The molecule has 0 saturated heterocycles. The Labute approximate surface area is 178 Å². The number of aliphatic imine (C=N–C) groups is 1. The average molecular weight is 483 g/mol. The predicted molar refractivity (Wildman–Crippen MR) is 119 cm³/mol. The summed E-state index contributed by atoms with van der Waals surface area (Å²) in [4.78, 5) is 8.59. The van der Waals surface area contributed by atoms with Crippen LogP contribution in [0, 0.1) is 6.92 Å². The van der Waals surface area contributed by atoms with Gasteiger partial charge in [-0.1, -0.05) is 48.3 Å². The summed E-state index contributed by atoms with van der Waals surface area (Å²) in [5.41, 5.74) is 1.66. The van der Waals surface area contributed by atoms with Gasteiger partial charge in [0.05, 0.1) is 0 Å². The first-order valence-corrected chi connectivity index (χ1v) is 9.51. The van der Waals surface area contributed by atoms with Gasteiger partial charge in [0.25, 0.3) is 0 Å². The van der Waals surface area contributed by atoms with Gasteiger partial charge in [0.2, 0.25) is 5.89 Å². The summed E-state index contributed by atoms with van der Waals surface area (Å²) in [5, 5.41) is 10.7. The molecule has 27 heavy (non-hydrogen) atoms. The van der Waals surface area contributed by atoms with E-state index in [1.807, 2.05) is 14.0 Å². The average Bonchev–Trinajstić information content (AvgIpc) is 3.32. The number of rotatable bonds is 7. The fraction of sp³-hybridized carbons (Fsp3) is 0.550. The zero-order chi connectivity index (χ0) is 18.2. The van der Waals surface area contributed by atoms with Crippen molar-refractivity contribution in [1.82, 2.24) is 20.8 Å². The minimum Gasteiger partial charge on any atom is -0.356 e. The second kappa shape index (κ2) is 10.6. The molecule has 1 aliphatic rings. The number of benzene rings is 1. The number of nitrogens with one attached hydrogen (secondary N) is 2. The number of hydrogen-bond acceptors (Lipinski definition) is 4. The van der Waals surface area contributed by atoms with E-state index in [4.69, 9.17) is 4.52 Å². The van der Waals surface area contributed by atoms with Gasteiger partial charge in [0.1, 0.15) is 0 Å². The van der Waals surface area contributed by atoms with Crippen LogP contribution in [0.1, 0.15) is 49.4 Å². The van der Waals surface area contributed by atoms with E-state index in [1.165, 1.54) is 31.2 Å². The van der Waals surface area contributed by atoms with Crippen LogP contribution in [0.3, 0.4) is 0 Å². The van der Waals surface area contributed by atoms with E-state index >= 15 is 0 Å². The van der Waals surface area contributed by atoms with Crippen LogP contribution >= 0.6 is 24.0 Å². The monoisotopic (exact) mass is 483 g/mol. The summed E-state index contributed by atoms with van der Waals surface area (Å²) < 4.78 is 5.14. The molecular weight excluding hydrogens is 453 g/mol. The third kappa shape index (κ3) is 5.92. The van der Waals surface area contributed by atoms with Gasteiger partial charge in [-0.2, -0.15) is 4.98 Å². The van der Waals surface area contributed by atoms with Crippen LogP contribution in [-0.4, -0.2) is 36.2 Å². The number of hydrogen-bond donors (Lipinski definition) is 2. The fourth-order valence-electron chi connectivity index (χ4n) is 3.77. The molecule has 3 rings (SSSR count). The van der Waals surface area contributed by atoms with Gasteiger partial charge in [0.15, 0.2) is 11.8 Å². The Morgan fingerprint density at radius 1 is 1.19 bits per heavy atom. The minimum atomic E-state index is 0. The number of halogens is 1. The number of nitrogens with zero attached hydrogens (tertiary/aromatic N) is 3. The van der Waals surface area contributed by atoms with E-state index in [0.29, 0.717) is 11.7 Å². The van der Waals surface area contributed by atoms with Crippen LogP contribution in [0.5, 0.6) is 0 Å². The van der Waals surface area contributed by atoms with Gasteiger partial charge in [-0.25, -0.2) is 0 Å². The van der Waals surface area contributed by atoms with Crippen LogP contribution in [0.25, 0.3) is 0 Å². The maximum atomic E-state index is 5.14. The zero-order valence-corrected chi connectivity index (χ0v) is 18.5. The van der Waals surface area contributed by atoms with Crippen molar-refractivity contribution in [3.8, 4) is 0 Å². The van der Waals surface area contributed by atoms with Gasteiger partial charge in [-0.05, 0) is 31.7 Å². The molecule has 0 atom stereocenters. The van der Waals surface area contributed by atoms with Crippen molar-refractivity contribution in [1.29, 1.82) is 0 Å². The molecule has 6 nitrogen and oxygen atoms in total. The lowest BCUT2D eigenvalue weighted by Gasteiger charge is -2.30. The van der Waals surface area contributed by atoms with E-state index in [0.717, 1.165) is 31.9 Å². The molecule has 2 N–H and O–H groups in total. The lowest BCUT2D eigenvalue weighted by molar-refractivity contribution is 0.372. The van der Waals surface area contributed by atoms with E-state index in [2.05, 4.69) is 56.1 Å². The summed E-state index contributed by atoms with van der Waals surface area (Å²) in [7, 11) is 1.82. The van der Waals surface area contributed by atoms with Crippen molar-refractivity contribution in [2.75, 3.05) is 20.1 Å². The second-order valence-corrected chi connectivity index (χ2v) is 7.04. The highest BCUT2D eigenvalue weighted by atomic mass is 127. The van der Waals surface area contributed by atoms with Gasteiger partial charge in [0, 0.05) is 32.0 Å². The molecule has 1 heterocycles. The zero-order valence-electron chi connectivity index (χ0n) is 16.2. The van der Waals surface area contributed by atoms with Crippen LogP contribution in [0.15, 0.2) is 39.8 Å². The third-order valence-electron chi connectivity index (χ3n) is 5.19. The normalized spacial score (nSPS) is 16.0. The Morgan fingerprint density at radius 2 is 1.93 bits per heavy atom. The van der Waals surface area contributed by atoms with Crippen molar-refractivity contribution in [2.45, 2.75) is 50.9 Å². The van der Waals surface area contributed by atoms with Gasteiger partial charge in [-0.15, -0.1) is 24.0 Å². The summed E-state index contributed by atoms with van der Waals surface area (Å²) in [6.07, 6.45) is 6.76. The first kappa shape index (κ1) is 21.7. The lowest BCUT2D eigenvalue weighted by Crippen LogP contribution is -2.45. The Kier molecular flexibility index (Phi) is 8.53. The SMILES string of the molecule is CN=C(NCCCc1nc(C)no1)NCC1(c2ccccc2)CCCC1.I. The van der Waals surface area contributed by atoms with Crippen molar-refractivity contribution < 1.29 is 4.52 Å². The molecule has 1 aromatic carbocycles. The Balaban J connectivity index is 0.00000261. The minimum absolute atomic E-state index is 0. The number of guanidine groups is 1. The molecule has 2 aromatic rings. The van der Waals surface area contributed by atoms with Crippen molar-refractivity contribution in [3.63, 3.8) is 0 Å². The Morgan fingerprint density at radius 3 is 2.56 bits per heavy atom. The molecule has 1 aliphatic carbocycles. The highest BCUT2D eigenvalue weighted by molar-refractivity contribution is 14.0. The van der Waals surface area contributed by atoms with Crippen LogP contribution < -0.4 is 10.6 Å². The lowest BCUT2D eigenvalue weighted by atomic mass is 9.79. The number of aromatic nitrogens is 2. The topological polar surface area (TPSA) is 75.3 Å². The van der Waals surface area contributed by atoms with Crippen LogP contribution in [0.4, 0.5) is 0 Å². The first-order chi connectivity index (χ1) is 12.7. The predicted octanol–water partition coefficient (Wildman–Crippen LogP) is 3.61. The summed E-state index contributed by atoms with van der Waals surface area (Å²) >= 11 is 0. The van der Waals surface area contributed by atoms with Gasteiger partial charge < -0.3 is 15.2 Å². The summed E-state index contributed by atoms with van der Waals surface area (Å²) in [6.45, 7) is 3.57. The fourth-order valence-corrected chi connectivity index (χ4v) is 3.77. The molecule has 0 aliphatic heterocycles. The summed E-state index contributed by atoms with van der Waals surface area (Å²) in [5.74, 6) is 2.24. The maximum Gasteiger partial charge on any atom is 0.226 e. The van der Waals surface area contributed by atoms with Gasteiger partial charge in [-0.3, -0.25) is 4.99 Å². The Bertz CT molecular complexity index is 710. The molecule has 0 bridgehead atoms. The second-order valence-electron chi connectivity index (χ2n) is 7.04. The standard InChI is InChI=1S/C20H29N5O.HI/c1-16-24-18(26-25-16)11-8-14-22-19(21-2)23-15-20(12-6-7-13-20)17-9-4-3-5-10-17;/h3-5,9-10H,6-8,11-15H2,1-2H3,(H2,21,22,23);1H. The van der Waals surface area contributed by atoms with E-state index < -0.39 is 0 Å². The molecule has 0 unspecified atom stereocenters. The molecule has 1 saturated carbocycles. The molecule has 7 heteroatoms. The first-order valence-electron chi connectivity index (χ1n) is 9.51. The molecule has 1 aromatic heterocycles. The van der Waals surface area contributed by atoms with E-state index in [-0.39, 0.29) is 29.4 Å². The van der Waals surface area contributed by atoms with E-state index in [1.54, 1.807) is 0 Å². The largest absolute Gasteiger partial charge is 0.356 e. The van der Waals surface area contributed by atoms with Crippen molar-refractivity contribution in [3.05, 3.63) is 47.6 Å². The Hall–Kier alpha value is -1.64. The van der Waals surface area contributed by atoms with Crippen LogP contribution in [-0.2, 0) is 11.8 Å². The third-order valence-corrected chi connectivity index (χ3v) is 5.19. The molecule has 1 fully saturated rings. The van der Waals surface area contributed by atoms with Crippen LogP contribution in [0.2, 0.25) is 0 Å². The molecule has 0 radical (unpaired) electrons. The quantitative estimate of drug-likeness (QED) is 0.273. The highest BCUT2D eigenvalue weighted by Gasteiger charge is 2.35. The maximum absolute atomic E-state index is 5.14. The number of aryl methyl sites for hydroxylation is 2. The molecule has 0 amide bonds. The summed E-state index contributed by atoms with van der Waals surface area (Å²) in [6, 6.07) is 10.9.